The second kappa shape index (κ2) is 7.10. The van der Waals surface area contributed by atoms with Crippen LogP contribution < -0.4 is 0 Å². The van der Waals surface area contributed by atoms with Crippen molar-refractivity contribution in [2.45, 2.75) is 43.9 Å². The minimum atomic E-state index is -0.750. The lowest BCUT2D eigenvalue weighted by molar-refractivity contribution is -0.367. The highest BCUT2D eigenvalue weighted by Gasteiger charge is 2.20. The molecule has 3 nitrogen and oxygen atoms in total. The van der Waals surface area contributed by atoms with Gasteiger partial charge in [0.15, 0.2) is 23.2 Å². The maximum atomic E-state index is 5.11. The maximum Gasteiger partial charge on any atom is 0.180 e. The van der Waals surface area contributed by atoms with Gasteiger partial charge in [0, 0.05) is 0 Å². The highest BCUT2D eigenvalue weighted by molar-refractivity contribution is 6.63. The summed E-state index contributed by atoms with van der Waals surface area (Å²) >= 11 is 14.4. The third-order valence-electron chi connectivity index (χ3n) is 1.15. The maximum absolute atomic E-state index is 5.11. The molecule has 1 aliphatic heterocycles. The smallest absolute Gasteiger partial charge is 0.180 e. The van der Waals surface area contributed by atoms with Crippen LogP contribution in [0.25, 0.3) is 0 Å². The van der Waals surface area contributed by atoms with Crippen LogP contribution in [0.5, 0.6) is 0 Å². The van der Waals surface area contributed by atoms with Crippen LogP contribution in [-0.4, -0.2) is 23.2 Å². The Morgan fingerprint density at radius 1 is 0.769 bits per heavy atom. The third kappa shape index (κ3) is 9.06. The van der Waals surface area contributed by atoms with Gasteiger partial charge in [0.1, 0.15) is 0 Å². The van der Waals surface area contributed by atoms with E-state index in [-0.39, 0.29) is 18.9 Å². The molecule has 0 bridgehead atoms. The van der Waals surface area contributed by atoms with Crippen molar-refractivity contribution in [3.63, 3.8) is 0 Å². The Hall–Kier alpha value is 0.750. The Labute approximate surface area is 93.2 Å². The van der Waals surface area contributed by atoms with Gasteiger partial charge < -0.3 is 14.2 Å². The zero-order valence-corrected chi connectivity index (χ0v) is 9.94. The summed E-state index contributed by atoms with van der Waals surface area (Å²) in [6.45, 7) is 5.57. The third-order valence-corrected chi connectivity index (χ3v) is 1.15. The molecule has 1 aliphatic rings. The zero-order chi connectivity index (χ0) is 10.4. The highest BCUT2D eigenvalue weighted by Crippen LogP contribution is 2.13. The van der Waals surface area contributed by atoms with E-state index in [0.717, 1.165) is 0 Å². The molecular weight excluding hydrogens is 238 g/mol. The lowest BCUT2D eigenvalue weighted by Gasteiger charge is -2.30. The minimum Gasteiger partial charge on any atom is -0.324 e. The SMILES string of the molecule is CC1OC(C)OC(C)O1.ClC(Cl)Cl. The summed E-state index contributed by atoms with van der Waals surface area (Å²) in [7, 11) is 0. The van der Waals surface area contributed by atoms with Crippen molar-refractivity contribution in [1.29, 1.82) is 0 Å². The van der Waals surface area contributed by atoms with Crippen LogP contribution in [0, 0.1) is 0 Å². The van der Waals surface area contributed by atoms with Crippen molar-refractivity contribution in [2.24, 2.45) is 0 Å². The first-order valence-corrected chi connectivity index (χ1v) is 5.11. The fourth-order valence-electron chi connectivity index (χ4n) is 0.906. The van der Waals surface area contributed by atoms with Gasteiger partial charge >= 0.3 is 0 Å². The normalized spacial score (nSPS) is 33.9. The standard InChI is InChI=1S/C6H12O3.CHCl3/c1-4-7-5(2)9-6(3)8-4;2-1(3)4/h4-6H,1-3H3;1H. The first-order chi connectivity index (χ1) is 5.91. The van der Waals surface area contributed by atoms with Gasteiger partial charge in [0.25, 0.3) is 0 Å². The van der Waals surface area contributed by atoms with Crippen molar-refractivity contribution in [1.82, 2.24) is 0 Å². The summed E-state index contributed by atoms with van der Waals surface area (Å²) in [5, 5.41) is 0. The number of hydrogen-bond donors (Lipinski definition) is 0. The summed E-state index contributed by atoms with van der Waals surface area (Å²) in [6.07, 6.45) is -0.406. The molecular formula is C7H13Cl3O3. The Morgan fingerprint density at radius 3 is 1.08 bits per heavy atom. The zero-order valence-electron chi connectivity index (χ0n) is 7.67. The van der Waals surface area contributed by atoms with Crippen molar-refractivity contribution in [2.75, 3.05) is 0 Å². The van der Waals surface area contributed by atoms with E-state index < -0.39 is 4.30 Å². The molecule has 1 heterocycles. The van der Waals surface area contributed by atoms with Gasteiger partial charge in [-0.05, 0) is 20.8 Å². The molecule has 0 unspecified atom stereocenters. The molecule has 1 rings (SSSR count). The number of ether oxygens (including phenoxy) is 3. The van der Waals surface area contributed by atoms with Crippen LogP contribution in [0.2, 0.25) is 0 Å². The molecule has 0 atom stereocenters. The van der Waals surface area contributed by atoms with Gasteiger partial charge in [-0.2, -0.15) is 0 Å². The average molecular weight is 252 g/mol. The van der Waals surface area contributed by atoms with Crippen LogP contribution >= 0.6 is 34.8 Å². The van der Waals surface area contributed by atoms with Crippen LogP contribution in [0.4, 0.5) is 0 Å². The molecule has 80 valence electrons. The number of hydrogen-bond acceptors (Lipinski definition) is 3. The van der Waals surface area contributed by atoms with E-state index in [1.807, 2.05) is 20.8 Å². The van der Waals surface area contributed by atoms with Gasteiger partial charge in [-0.15, -0.1) is 0 Å². The van der Waals surface area contributed by atoms with E-state index in [0.29, 0.717) is 0 Å². The Morgan fingerprint density at radius 2 is 0.923 bits per heavy atom. The summed E-state index contributed by atoms with van der Waals surface area (Å²) in [4.78, 5) is 0. The number of alkyl halides is 3. The van der Waals surface area contributed by atoms with Gasteiger partial charge in [-0.25, -0.2) is 0 Å². The van der Waals surface area contributed by atoms with E-state index >= 15 is 0 Å². The molecule has 0 radical (unpaired) electrons. The largest absolute Gasteiger partial charge is 0.324 e. The molecule has 0 aromatic heterocycles. The summed E-state index contributed by atoms with van der Waals surface area (Å²) in [5.74, 6) is 0. The van der Waals surface area contributed by atoms with Gasteiger partial charge in [0.05, 0.1) is 0 Å². The van der Waals surface area contributed by atoms with E-state index in [2.05, 4.69) is 0 Å². The molecule has 0 spiro atoms. The minimum absolute atomic E-state index is 0.135. The average Bonchev–Trinajstić information content (AvgIpc) is 1.80. The second-order valence-electron chi connectivity index (χ2n) is 2.36. The second-order valence-corrected chi connectivity index (χ2v) is 4.34. The first kappa shape index (κ1) is 13.8. The lowest BCUT2D eigenvalue weighted by atomic mass is 10.6. The molecule has 0 aromatic carbocycles. The number of rotatable bonds is 0. The Kier molecular flexibility index (Phi) is 7.51. The molecule has 0 amide bonds. The topological polar surface area (TPSA) is 27.7 Å². The summed E-state index contributed by atoms with van der Waals surface area (Å²) in [6, 6.07) is 0. The van der Waals surface area contributed by atoms with Crippen molar-refractivity contribution < 1.29 is 14.2 Å². The summed E-state index contributed by atoms with van der Waals surface area (Å²) in [5.41, 5.74) is 0. The lowest BCUT2D eigenvalue weighted by Crippen LogP contribution is -2.35. The Bertz CT molecular complexity index is 106. The van der Waals surface area contributed by atoms with Gasteiger partial charge in [0.2, 0.25) is 0 Å². The van der Waals surface area contributed by atoms with E-state index in [1.165, 1.54) is 0 Å². The van der Waals surface area contributed by atoms with Crippen LogP contribution in [-0.2, 0) is 14.2 Å². The molecule has 0 aliphatic carbocycles. The molecule has 0 saturated carbocycles. The fourth-order valence-corrected chi connectivity index (χ4v) is 0.906. The molecule has 6 heteroatoms. The van der Waals surface area contributed by atoms with Crippen LogP contribution in [0.3, 0.4) is 0 Å². The van der Waals surface area contributed by atoms with Gasteiger partial charge in [-0.3, -0.25) is 0 Å². The quantitative estimate of drug-likeness (QED) is 0.619. The van der Waals surface area contributed by atoms with E-state index in [9.17, 15) is 0 Å². The van der Waals surface area contributed by atoms with Crippen LogP contribution in [0.15, 0.2) is 0 Å². The monoisotopic (exact) mass is 250 g/mol. The van der Waals surface area contributed by atoms with E-state index in [4.69, 9.17) is 49.0 Å². The van der Waals surface area contributed by atoms with E-state index in [1.54, 1.807) is 0 Å². The number of halogens is 3. The summed E-state index contributed by atoms with van der Waals surface area (Å²) < 4.78 is 14.6. The van der Waals surface area contributed by atoms with Crippen molar-refractivity contribution >= 4 is 34.8 Å². The van der Waals surface area contributed by atoms with Crippen molar-refractivity contribution in [3.05, 3.63) is 0 Å². The highest BCUT2D eigenvalue weighted by atomic mass is 35.6. The van der Waals surface area contributed by atoms with Gasteiger partial charge in [-0.1, -0.05) is 34.8 Å². The van der Waals surface area contributed by atoms with Crippen molar-refractivity contribution in [3.8, 4) is 0 Å². The predicted octanol–water partition coefficient (Wildman–Crippen LogP) is 3.07. The molecule has 0 aromatic rings. The molecule has 13 heavy (non-hydrogen) atoms. The van der Waals surface area contributed by atoms with Crippen LogP contribution in [0.1, 0.15) is 20.8 Å². The molecule has 1 saturated heterocycles. The fraction of sp³-hybridized carbons (Fsp3) is 1.00. The molecule has 1 fully saturated rings. The predicted molar refractivity (Wildman–Crippen MR) is 53.0 cm³/mol. The first-order valence-electron chi connectivity index (χ1n) is 3.80. The molecule has 0 N–H and O–H groups in total. The Balaban J connectivity index is 0.000000310.